The fourth-order valence-corrected chi connectivity index (χ4v) is 2.90. The molecule has 6 heteroatoms. The Morgan fingerprint density at radius 3 is 2.66 bits per heavy atom. The monoisotopic (exact) mass is 392 g/mol. The van der Waals surface area contributed by atoms with Crippen LogP contribution in [0.1, 0.15) is 23.7 Å². The van der Waals surface area contributed by atoms with Gasteiger partial charge >= 0.3 is 0 Å². The maximum atomic E-state index is 5.63. The minimum Gasteiger partial charge on any atom is -0.496 e. The number of aliphatic imine (C=N–C) groups is 1. The van der Waals surface area contributed by atoms with Crippen LogP contribution in [0.5, 0.6) is 5.75 Å². The molecule has 1 aromatic heterocycles. The second-order valence-corrected chi connectivity index (χ2v) is 6.69. The first-order valence-corrected chi connectivity index (χ1v) is 9.85. The number of methoxy groups -OCH3 is 1. The van der Waals surface area contributed by atoms with Crippen molar-refractivity contribution in [3.63, 3.8) is 0 Å². The third-order valence-corrected chi connectivity index (χ3v) is 4.47. The normalized spacial score (nSPS) is 11.3. The van der Waals surface area contributed by atoms with Crippen molar-refractivity contribution in [2.45, 2.75) is 26.8 Å². The smallest absolute Gasteiger partial charge is 0.226 e. The lowest BCUT2D eigenvalue weighted by molar-refractivity contribution is 0.410. The van der Waals surface area contributed by atoms with Crippen LogP contribution in [0.3, 0.4) is 0 Å². The standard InChI is InChI=1S/C23H28N4O2/c1-4-24-23(26-15-19-7-5-6-8-21(19)28-3)25-14-13-20-16-29-22(27-20)18-11-9-17(2)10-12-18/h5-12,16H,4,13-15H2,1-3H3,(H2,24,25,26). The summed E-state index contributed by atoms with van der Waals surface area (Å²) in [5.74, 6) is 2.26. The van der Waals surface area contributed by atoms with Gasteiger partial charge < -0.3 is 19.8 Å². The number of ether oxygens (including phenoxy) is 1. The fourth-order valence-electron chi connectivity index (χ4n) is 2.90. The molecule has 1 heterocycles. The SMILES string of the molecule is CCNC(=NCc1ccccc1OC)NCCc1coc(-c2ccc(C)cc2)n1. The van der Waals surface area contributed by atoms with Crippen LogP contribution in [0.25, 0.3) is 11.5 Å². The van der Waals surface area contributed by atoms with Crippen LogP contribution in [-0.2, 0) is 13.0 Å². The summed E-state index contributed by atoms with van der Waals surface area (Å²) in [6.45, 7) is 6.15. The number of aromatic nitrogens is 1. The molecule has 0 bridgehead atoms. The van der Waals surface area contributed by atoms with Gasteiger partial charge in [0, 0.05) is 30.6 Å². The van der Waals surface area contributed by atoms with Gasteiger partial charge in [-0.05, 0) is 32.0 Å². The molecule has 0 saturated heterocycles. The molecule has 0 saturated carbocycles. The molecule has 0 spiro atoms. The zero-order valence-corrected chi connectivity index (χ0v) is 17.2. The number of hydrogen-bond donors (Lipinski definition) is 2. The number of guanidine groups is 1. The number of nitrogens with one attached hydrogen (secondary N) is 2. The van der Waals surface area contributed by atoms with Gasteiger partial charge in [0.15, 0.2) is 5.96 Å². The highest BCUT2D eigenvalue weighted by atomic mass is 16.5. The first-order chi connectivity index (χ1) is 14.2. The van der Waals surface area contributed by atoms with E-state index < -0.39 is 0 Å². The Hall–Kier alpha value is -3.28. The summed E-state index contributed by atoms with van der Waals surface area (Å²) in [5.41, 5.74) is 4.16. The lowest BCUT2D eigenvalue weighted by Gasteiger charge is -2.11. The van der Waals surface area contributed by atoms with Crippen molar-refractivity contribution >= 4 is 5.96 Å². The maximum absolute atomic E-state index is 5.63. The molecule has 3 rings (SSSR count). The van der Waals surface area contributed by atoms with E-state index in [2.05, 4.69) is 39.7 Å². The third kappa shape index (κ3) is 5.85. The number of para-hydroxylation sites is 1. The van der Waals surface area contributed by atoms with Crippen LogP contribution in [0.4, 0.5) is 0 Å². The van der Waals surface area contributed by atoms with Crippen molar-refractivity contribution in [3.05, 3.63) is 71.6 Å². The predicted molar refractivity (Wildman–Crippen MR) is 116 cm³/mol. The minimum absolute atomic E-state index is 0.543. The molecule has 6 nitrogen and oxygen atoms in total. The van der Waals surface area contributed by atoms with Gasteiger partial charge in [-0.25, -0.2) is 9.98 Å². The van der Waals surface area contributed by atoms with E-state index >= 15 is 0 Å². The van der Waals surface area contributed by atoms with Gasteiger partial charge in [0.2, 0.25) is 5.89 Å². The molecule has 0 fully saturated rings. The second kappa shape index (κ2) is 10.3. The summed E-state index contributed by atoms with van der Waals surface area (Å²) < 4.78 is 11.0. The molecule has 0 amide bonds. The van der Waals surface area contributed by atoms with Crippen molar-refractivity contribution in [2.75, 3.05) is 20.2 Å². The highest BCUT2D eigenvalue weighted by molar-refractivity contribution is 5.79. The molecule has 0 aliphatic heterocycles. The van der Waals surface area contributed by atoms with Crippen molar-refractivity contribution in [1.29, 1.82) is 0 Å². The molecule has 3 aromatic rings. The largest absolute Gasteiger partial charge is 0.496 e. The predicted octanol–water partition coefficient (Wildman–Crippen LogP) is 3.96. The Morgan fingerprint density at radius 2 is 1.90 bits per heavy atom. The summed E-state index contributed by atoms with van der Waals surface area (Å²) in [7, 11) is 1.68. The highest BCUT2D eigenvalue weighted by Gasteiger charge is 2.07. The summed E-state index contributed by atoms with van der Waals surface area (Å²) in [5, 5.41) is 6.62. The molecule has 0 aliphatic rings. The molecule has 0 aliphatic carbocycles. The Balaban J connectivity index is 1.56. The van der Waals surface area contributed by atoms with E-state index in [1.165, 1.54) is 5.56 Å². The molecule has 152 valence electrons. The number of hydrogen-bond acceptors (Lipinski definition) is 4. The first-order valence-electron chi connectivity index (χ1n) is 9.85. The van der Waals surface area contributed by atoms with Gasteiger partial charge in [-0.2, -0.15) is 0 Å². The molecule has 0 unspecified atom stereocenters. The molecular formula is C23H28N4O2. The highest BCUT2D eigenvalue weighted by Crippen LogP contribution is 2.19. The van der Waals surface area contributed by atoms with Crippen LogP contribution in [0.2, 0.25) is 0 Å². The van der Waals surface area contributed by atoms with Crippen LogP contribution >= 0.6 is 0 Å². The molecule has 0 radical (unpaired) electrons. The van der Waals surface area contributed by atoms with Crippen LogP contribution in [-0.4, -0.2) is 31.1 Å². The summed E-state index contributed by atoms with van der Waals surface area (Å²) in [6.07, 6.45) is 2.46. The summed E-state index contributed by atoms with van der Waals surface area (Å²) in [6, 6.07) is 16.1. The van der Waals surface area contributed by atoms with Crippen LogP contribution < -0.4 is 15.4 Å². The summed E-state index contributed by atoms with van der Waals surface area (Å²) in [4.78, 5) is 9.24. The van der Waals surface area contributed by atoms with Gasteiger partial charge in [0.25, 0.3) is 0 Å². The van der Waals surface area contributed by atoms with E-state index in [-0.39, 0.29) is 0 Å². The Morgan fingerprint density at radius 1 is 1.10 bits per heavy atom. The van der Waals surface area contributed by atoms with Crippen molar-refractivity contribution in [3.8, 4) is 17.2 Å². The van der Waals surface area contributed by atoms with Gasteiger partial charge in [-0.1, -0.05) is 35.9 Å². The lowest BCUT2D eigenvalue weighted by Crippen LogP contribution is -2.38. The first kappa shape index (κ1) is 20.5. The summed E-state index contributed by atoms with van der Waals surface area (Å²) >= 11 is 0. The lowest BCUT2D eigenvalue weighted by atomic mass is 10.1. The Labute approximate surface area is 172 Å². The van der Waals surface area contributed by atoms with Crippen LogP contribution in [0.15, 0.2) is 64.2 Å². The Bertz CT molecular complexity index is 932. The second-order valence-electron chi connectivity index (χ2n) is 6.69. The van der Waals surface area contributed by atoms with Crippen molar-refractivity contribution in [2.24, 2.45) is 4.99 Å². The van der Waals surface area contributed by atoms with Gasteiger partial charge in [-0.3, -0.25) is 0 Å². The van der Waals surface area contributed by atoms with E-state index in [0.29, 0.717) is 19.0 Å². The quantitative estimate of drug-likeness (QED) is 0.449. The number of rotatable bonds is 8. The molecular weight excluding hydrogens is 364 g/mol. The number of nitrogens with zero attached hydrogens (tertiary/aromatic N) is 2. The van der Waals surface area contributed by atoms with Gasteiger partial charge in [0.1, 0.15) is 12.0 Å². The average Bonchev–Trinajstić information content (AvgIpc) is 3.21. The number of aryl methyl sites for hydroxylation is 1. The maximum Gasteiger partial charge on any atom is 0.226 e. The molecule has 2 N–H and O–H groups in total. The zero-order valence-electron chi connectivity index (χ0n) is 17.2. The van der Waals surface area contributed by atoms with E-state index in [1.807, 2.05) is 43.3 Å². The number of oxazole rings is 1. The third-order valence-electron chi connectivity index (χ3n) is 4.47. The zero-order chi connectivity index (χ0) is 20.5. The van der Waals surface area contributed by atoms with Crippen molar-refractivity contribution < 1.29 is 9.15 Å². The molecule has 0 atom stereocenters. The van der Waals surface area contributed by atoms with Gasteiger partial charge in [0.05, 0.1) is 19.3 Å². The Kier molecular flexibility index (Phi) is 7.28. The van der Waals surface area contributed by atoms with E-state index in [4.69, 9.17) is 9.15 Å². The van der Waals surface area contributed by atoms with Crippen LogP contribution in [0, 0.1) is 6.92 Å². The topological polar surface area (TPSA) is 71.7 Å². The molecule has 2 aromatic carbocycles. The van der Waals surface area contributed by atoms with E-state index in [0.717, 1.165) is 41.5 Å². The molecule has 29 heavy (non-hydrogen) atoms. The fraction of sp³-hybridized carbons (Fsp3) is 0.304. The average molecular weight is 393 g/mol. The minimum atomic E-state index is 0.543. The van der Waals surface area contributed by atoms with Crippen molar-refractivity contribution in [1.82, 2.24) is 15.6 Å². The van der Waals surface area contributed by atoms with E-state index in [9.17, 15) is 0 Å². The van der Waals surface area contributed by atoms with E-state index in [1.54, 1.807) is 13.4 Å². The van der Waals surface area contributed by atoms with Gasteiger partial charge in [-0.15, -0.1) is 0 Å². The number of benzene rings is 2.